The average Bonchev–Trinajstić information content (AvgIpc) is 2.16. The zero-order chi connectivity index (χ0) is 10.8. The van der Waals surface area contributed by atoms with Gasteiger partial charge in [0.15, 0.2) is 4.32 Å². The topological polar surface area (TPSA) is 35.5 Å². The highest BCUT2D eigenvalue weighted by atomic mass is 32.2. The molecule has 1 aliphatic rings. The van der Waals surface area contributed by atoms with Crippen molar-refractivity contribution in [2.24, 2.45) is 5.41 Å². The van der Waals surface area contributed by atoms with Gasteiger partial charge in [-0.05, 0) is 5.41 Å². The molecule has 1 heterocycles. The van der Waals surface area contributed by atoms with Crippen LogP contribution in [0.2, 0.25) is 0 Å². The molecule has 1 aliphatic heterocycles. The summed E-state index contributed by atoms with van der Waals surface area (Å²) in [6.07, 6.45) is 0. The van der Waals surface area contributed by atoms with E-state index in [-0.39, 0.29) is 4.32 Å². The summed E-state index contributed by atoms with van der Waals surface area (Å²) >= 11 is 3.35. The highest BCUT2D eigenvalue weighted by molar-refractivity contribution is 8.24. The minimum Gasteiger partial charge on any atom is -0.311 e. The van der Waals surface area contributed by atoms with Crippen molar-refractivity contribution in [1.82, 2.24) is 0 Å². The van der Waals surface area contributed by atoms with Crippen molar-refractivity contribution in [2.45, 2.75) is 18.2 Å². The molecule has 0 atom stereocenters. The fourth-order valence-corrected chi connectivity index (χ4v) is 6.86. The maximum atomic E-state index is 12.0. The monoisotopic (exact) mass is 256 g/mol. The highest BCUT2D eigenvalue weighted by Gasteiger charge is 2.40. The number of thioether (sulfide) groups is 2. The molecular weight excluding hydrogens is 239 g/mol. The molecule has 0 aliphatic carbocycles. The van der Waals surface area contributed by atoms with Crippen LogP contribution in [0.15, 0.2) is 0 Å². The molecule has 14 heavy (non-hydrogen) atoms. The Balaban J connectivity index is 2.61. The Bertz CT molecular complexity index is 227. The normalized spacial score (nSPS) is 23.7. The number of rotatable bonds is 3. The third kappa shape index (κ3) is 2.92. The molecular formula is C8H17O3PS2. The van der Waals surface area contributed by atoms with E-state index in [0.717, 1.165) is 11.5 Å². The minimum absolute atomic E-state index is 0.0643. The molecule has 0 spiro atoms. The maximum Gasteiger partial charge on any atom is 0.352 e. The summed E-state index contributed by atoms with van der Waals surface area (Å²) in [6.45, 7) is 4.43. The van der Waals surface area contributed by atoms with Gasteiger partial charge in [0.25, 0.3) is 0 Å². The lowest BCUT2D eigenvalue weighted by molar-refractivity contribution is 0.278. The Morgan fingerprint density at radius 3 is 2.00 bits per heavy atom. The van der Waals surface area contributed by atoms with E-state index in [4.69, 9.17) is 9.05 Å². The quantitative estimate of drug-likeness (QED) is 0.724. The van der Waals surface area contributed by atoms with Gasteiger partial charge in [0.2, 0.25) is 0 Å². The fraction of sp³-hybridized carbons (Fsp3) is 1.00. The van der Waals surface area contributed by atoms with Crippen molar-refractivity contribution in [1.29, 1.82) is 0 Å². The van der Waals surface area contributed by atoms with Gasteiger partial charge >= 0.3 is 7.60 Å². The Labute approximate surface area is 94.2 Å². The largest absolute Gasteiger partial charge is 0.352 e. The molecule has 0 saturated carbocycles. The van der Waals surface area contributed by atoms with Crippen molar-refractivity contribution < 1.29 is 13.6 Å². The maximum absolute atomic E-state index is 12.0. The number of hydrogen-bond acceptors (Lipinski definition) is 5. The first-order valence-corrected chi connectivity index (χ1v) is 8.09. The fourth-order valence-electron chi connectivity index (χ4n) is 1.11. The molecule has 0 aromatic carbocycles. The van der Waals surface area contributed by atoms with Gasteiger partial charge in [-0.25, -0.2) is 0 Å². The van der Waals surface area contributed by atoms with Gasteiger partial charge in [-0.15, -0.1) is 23.5 Å². The molecule has 1 rings (SSSR count). The standard InChI is InChI=1S/C8H17O3PS2/c1-8(2)5-13-7(14-6-8)12(9,10-3)11-4/h7H,5-6H2,1-4H3. The predicted octanol–water partition coefficient (Wildman–Crippen LogP) is 3.26. The van der Waals surface area contributed by atoms with Gasteiger partial charge in [0.05, 0.1) is 0 Å². The average molecular weight is 256 g/mol. The zero-order valence-electron chi connectivity index (χ0n) is 8.98. The summed E-state index contributed by atoms with van der Waals surface area (Å²) in [6, 6.07) is 0. The van der Waals surface area contributed by atoms with Crippen LogP contribution in [0.5, 0.6) is 0 Å². The second-order valence-corrected chi connectivity index (χ2v) is 9.51. The molecule has 3 nitrogen and oxygen atoms in total. The van der Waals surface area contributed by atoms with Gasteiger partial charge in [-0.2, -0.15) is 0 Å². The molecule has 1 saturated heterocycles. The van der Waals surface area contributed by atoms with Crippen LogP contribution in [0.1, 0.15) is 13.8 Å². The van der Waals surface area contributed by atoms with E-state index in [0.29, 0.717) is 5.41 Å². The van der Waals surface area contributed by atoms with Crippen molar-refractivity contribution in [2.75, 3.05) is 25.7 Å². The molecule has 0 bridgehead atoms. The Morgan fingerprint density at radius 2 is 1.64 bits per heavy atom. The third-order valence-electron chi connectivity index (χ3n) is 2.00. The van der Waals surface area contributed by atoms with Crippen molar-refractivity contribution in [3.8, 4) is 0 Å². The first-order chi connectivity index (χ1) is 6.43. The Hall–Kier alpha value is 0.850. The van der Waals surface area contributed by atoms with Gasteiger partial charge in [0, 0.05) is 25.7 Å². The van der Waals surface area contributed by atoms with E-state index in [1.807, 2.05) is 0 Å². The lowest BCUT2D eigenvalue weighted by Gasteiger charge is -2.35. The Morgan fingerprint density at radius 1 is 1.21 bits per heavy atom. The van der Waals surface area contributed by atoms with E-state index in [1.54, 1.807) is 23.5 Å². The van der Waals surface area contributed by atoms with Gasteiger partial charge < -0.3 is 9.05 Å². The van der Waals surface area contributed by atoms with E-state index in [2.05, 4.69) is 13.8 Å². The van der Waals surface area contributed by atoms with E-state index < -0.39 is 7.60 Å². The Kier molecular flexibility index (Phi) is 4.42. The first kappa shape index (κ1) is 12.9. The van der Waals surface area contributed by atoms with E-state index >= 15 is 0 Å². The molecule has 0 unspecified atom stereocenters. The van der Waals surface area contributed by atoms with Crippen LogP contribution >= 0.6 is 31.1 Å². The van der Waals surface area contributed by atoms with Crippen molar-refractivity contribution in [3.05, 3.63) is 0 Å². The molecule has 0 N–H and O–H groups in total. The first-order valence-electron chi connectivity index (χ1n) is 4.38. The summed E-state index contributed by atoms with van der Waals surface area (Å²) < 4.78 is 21.9. The SMILES string of the molecule is COP(=O)(OC)C1SCC(C)(C)CS1. The van der Waals surface area contributed by atoms with E-state index in [1.165, 1.54) is 14.2 Å². The van der Waals surface area contributed by atoms with Crippen molar-refractivity contribution in [3.63, 3.8) is 0 Å². The van der Waals surface area contributed by atoms with Crippen molar-refractivity contribution >= 4 is 31.1 Å². The molecule has 0 amide bonds. The van der Waals surface area contributed by atoms with Crippen LogP contribution in [-0.2, 0) is 13.6 Å². The summed E-state index contributed by atoms with van der Waals surface area (Å²) in [5.74, 6) is 2.00. The molecule has 0 radical (unpaired) electrons. The highest BCUT2D eigenvalue weighted by Crippen LogP contribution is 2.63. The van der Waals surface area contributed by atoms with Gasteiger partial charge in [-0.1, -0.05) is 13.8 Å². The van der Waals surface area contributed by atoms with Crippen LogP contribution < -0.4 is 0 Å². The molecule has 1 fully saturated rings. The molecule has 6 heteroatoms. The third-order valence-corrected chi connectivity index (χ3v) is 9.26. The van der Waals surface area contributed by atoms with Crippen LogP contribution in [0.4, 0.5) is 0 Å². The molecule has 0 aromatic rings. The molecule has 0 aromatic heterocycles. The lowest BCUT2D eigenvalue weighted by atomic mass is 10.0. The van der Waals surface area contributed by atoms with Crippen LogP contribution in [-0.4, -0.2) is 30.0 Å². The number of hydrogen-bond donors (Lipinski definition) is 0. The second-order valence-electron chi connectivity index (χ2n) is 4.00. The summed E-state index contributed by atoms with van der Waals surface area (Å²) in [4.78, 5) is 0. The lowest BCUT2D eigenvalue weighted by Crippen LogP contribution is -2.26. The summed E-state index contributed by atoms with van der Waals surface area (Å²) in [5.41, 5.74) is 0.318. The van der Waals surface area contributed by atoms with Gasteiger partial charge in [0.1, 0.15) is 0 Å². The van der Waals surface area contributed by atoms with Crippen LogP contribution in [0, 0.1) is 5.41 Å². The predicted molar refractivity (Wildman–Crippen MR) is 64.1 cm³/mol. The molecule has 84 valence electrons. The second kappa shape index (κ2) is 4.79. The summed E-state index contributed by atoms with van der Waals surface area (Å²) in [5, 5.41) is 0. The summed E-state index contributed by atoms with van der Waals surface area (Å²) in [7, 11) is 0.0121. The zero-order valence-corrected chi connectivity index (χ0v) is 11.5. The van der Waals surface area contributed by atoms with Gasteiger partial charge in [-0.3, -0.25) is 4.57 Å². The van der Waals surface area contributed by atoms with E-state index in [9.17, 15) is 4.57 Å². The minimum atomic E-state index is -2.89. The van der Waals surface area contributed by atoms with Crippen LogP contribution in [0.25, 0.3) is 0 Å². The smallest absolute Gasteiger partial charge is 0.311 e. The van der Waals surface area contributed by atoms with Crippen LogP contribution in [0.3, 0.4) is 0 Å².